The number of nitrogens with zero attached hydrogens (tertiary/aromatic N) is 6. The second-order valence-corrected chi connectivity index (χ2v) is 5.75. The van der Waals surface area contributed by atoms with Crippen LogP contribution in [0.2, 0.25) is 5.28 Å². The van der Waals surface area contributed by atoms with Crippen LogP contribution in [0, 0.1) is 13.8 Å². The highest BCUT2D eigenvalue weighted by Crippen LogP contribution is 2.29. The van der Waals surface area contributed by atoms with E-state index in [1.165, 1.54) is 34.7 Å². The van der Waals surface area contributed by atoms with Gasteiger partial charge < -0.3 is 0 Å². The molecular formula is C13H11ClN6S. The van der Waals surface area contributed by atoms with E-state index >= 15 is 0 Å². The lowest BCUT2D eigenvalue weighted by Crippen LogP contribution is -2.04. The quantitative estimate of drug-likeness (QED) is 0.739. The van der Waals surface area contributed by atoms with Crippen LogP contribution in [0.15, 0.2) is 40.9 Å². The summed E-state index contributed by atoms with van der Waals surface area (Å²) in [6.45, 7) is 4.09. The number of hydrogen-bond acceptors (Lipinski definition) is 6. The summed E-state index contributed by atoms with van der Waals surface area (Å²) in [4.78, 5) is 17.5. The van der Waals surface area contributed by atoms with Crippen LogP contribution in [0.25, 0.3) is 5.95 Å². The van der Waals surface area contributed by atoms with E-state index in [0.29, 0.717) is 11.1 Å². The Morgan fingerprint density at radius 1 is 1.14 bits per heavy atom. The summed E-state index contributed by atoms with van der Waals surface area (Å²) in [6.07, 6.45) is 2.92. The largest absolute Gasteiger partial charge is 0.257 e. The lowest BCUT2D eigenvalue weighted by atomic mass is 10.2. The third kappa shape index (κ3) is 3.20. The van der Waals surface area contributed by atoms with Gasteiger partial charge in [-0.1, -0.05) is 12.1 Å². The zero-order valence-corrected chi connectivity index (χ0v) is 12.9. The topological polar surface area (TPSA) is 69.4 Å². The van der Waals surface area contributed by atoms with Crippen molar-refractivity contribution in [1.82, 2.24) is 29.7 Å². The predicted molar refractivity (Wildman–Crippen MR) is 79.8 cm³/mol. The molecule has 0 bridgehead atoms. The minimum absolute atomic E-state index is 0.128. The molecule has 3 rings (SSSR count). The molecule has 0 aliphatic rings. The van der Waals surface area contributed by atoms with Gasteiger partial charge in [-0.3, -0.25) is 0 Å². The molecule has 8 heteroatoms. The SMILES string of the molecule is Cc1ccc(C)c(Sc2nc(Cl)nc(-n3cncn3)n2)c1. The Labute approximate surface area is 130 Å². The second-order valence-electron chi connectivity index (χ2n) is 4.40. The third-order valence-corrected chi connectivity index (χ3v) is 3.94. The van der Waals surface area contributed by atoms with Crippen molar-refractivity contribution >= 4 is 23.4 Å². The van der Waals surface area contributed by atoms with Crippen LogP contribution in [0.4, 0.5) is 0 Å². The molecule has 6 nitrogen and oxygen atoms in total. The minimum Gasteiger partial charge on any atom is -0.223 e. The summed E-state index contributed by atoms with van der Waals surface area (Å²) >= 11 is 7.41. The molecule has 3 aromatic rings. The van der Waals surface area contributed by atoms with Crippen LogP contribution in [0.5, 0.6) is 0 Å². The Morgan fingerprint density at radius 3 is 2.76 bits per heavy atom. The van der Waals surface area contributed by atoms with E-state index in [0.717, 1.165) is 10.5 Å². The highest BCUT2D eigenvalue weighted by molar-refractivity contribution is 7.99. The molecule has 0 amide bonds. The summed E-state index contributed by atoms with van der Waals surface area (Å²) in [5.41, 5.74) is 2.34. The van der Waals surface area contributed by atoms with Gasteiger partial charge in [0.25, 0.3) is 5.95 Å². The number of hydrogen-bond donors (Lipinski definition) is 0. The average molecular weight is 319 g/mol. The van der Waals surface area contributed by atoms with Crippen LogP contribution < -0.4 is 0 Å². The molecule has 21 heavy (non-hydrogen) atoms. The van der Waals surface area contributed by atoms with Crippen molar-refractivity contribution in [2.45, 2.75) is 23.9 Å². The van der Waals surface area contributed by atoms with Crippen molar-refractivity contribution in [3.63, 3.8) is 0 Å². The molecule has 0 aliphatic heterocycles. The lowest BCUT2D eigenvalue weighted by molar-refractivity contribution is 0.757. The Kier molecular flexibility index (Phi) is 3.85. The molecule has 2 aromatic heterocycles. The first-order chi connectivity index (χ1) is 10.1. The summed E-state index contributed by atoms with van der Waals surface area (Å²) in [5.74, 6) is 0.348. The average Bonchev–Trinajstić information content (AvgIpc) is 2.96. The summed E-state index contributed by atoms with van der Waals surface area (Å²) in [5, 5.41) is 4.64. The zero-order valence-electron chi connectivity index (χ0n) is 11.4. The van der Waals surface area contributed by atoms with Crippen molar-refractivity contribution in [2.75, 3.05) is 0 Å². The van der Waals surface area contributed by atoms with Crippen molar-refractivity contribution < 1.29 is 0 Å². The fourth-order valence-electron chi connectivity index (χ4n) is 1.70. The van der Waals surface area contributed by atoms with Gasteiger partial charge in [-0.15, -0.1) is 0 Å². The van der Waals surface area contributed by atoms with E-state index < -0.39 is 0 Å². The van der Waals surface area contributed by atoms with Gasteiger partial charge in [0.05, 0.1) is 0 Å². The number of benzene rings is 1. The van der Waals surface area contributed by atoms with Crippen molar-refractivity contribution in [3.8, 4) is 5.95 Å². The Morgan fingerprint density at radius 2 is 2.00 bits per heavy atom. The molecule has 0 fully saturated rings. The molecular weight excluding hydrogens is 308 g/mol. The van der Waals surface area contributed by atoms with Crippen LogP contribution in [-0.2, 0) is 0 Å². The Bertz CT molecular complexity index is 774. The first-order valence-electron chi connectivity index (χ1n) is 6.13. The van der Waals surface area contributed by atoms with Crippen molar-refractivity contribution in [1.29, 1.82) is 0 Å². The van der Waals surface area contributed by atoms with Gasteiger partial charge in [-0.25, -0.2) is 4.98 Å². The van der Waals surface area contributed by atoms with Gasteiger partial charge in [0.2, 0.25) is 5.28 Å². The maximum atomic E-state index is 5.97. The lowest BCUT2D eigenvalue weighted by Gasteiger charge is -2.06. The van der Waals surface area contributed by atoms with E-state index in [1.54, 1.807) is 0 Å². The van der Waals surface area contributed by atoms with E-state index in [-0.39, 0.29) is 5.28 Å². The van der Waals surface area contributed by atoms with E-state index in [2.05, 4.69) is 43.2 Å². The zero-order chi connectivity index (χ0) is 14.8. The van der Waals surface area contributed by atoms with Gasteiger partial charge in [0, 0.05) is 4.90 Å². The van der Waals surface area contributed by atoms with E-state index in [1.807, 2.05) is 13.8 Å². The molecule has 0 saturated carbocycles. The van der Waals surface area contributed by atoms with Crippen molar-refractivity contribution in [3.05, 3.63) is 47.3 Å². The molecule has 2 heterocycles. The fourth-order valence-corrected chi connectivity index (χ4v) is 2.83. The maximum absolute atomic E-state index is 5.97. The number of aryl methyl sites for hydroxylation is 2. The third-order valence-electron chi connectivity index (χ3n) is 2.74. The van der Waals surface area contributed by atoms with Crippen LogP contribution in [-0.4, -0.2) is 29.7 Å². The number of aromatic nitrogens is 6. The molecule has 0 N–H and O–H groups in total. The smallest absolute Gasteiger partial charge is 0.223 e. The van der Waals surface area contributed by atoms with Crippen LogP contribution >= 0.6 is 23.4 Å². The van der Waals surface area contributed by atoms with Gasteiger partial charge in [-0.2, -0.15) is 24.7 Å². The normalized spacial score (nSPS) is 10.8. The van der Waals surface area contributed by atoms with Crippen LogP contribution in [0.3, 0.4) is 0 Å². The molecule has 0 saturated heterocycles. The number of rotatable bonds is 3. The molecule has 106 valence electrons. The first kappa shape index (κ1) is 14.0. The summed E-state index contributed by atoms with van der Waals surface area (Å²) in [6, 6.07) is 6.23. The molecule has 0 radical (unpaired) electrons. The maximum Gasteiger partial charge on any atom is 0.257 e. The second kappa shape index (κ2) is 5.79. The van der Waals surface area contributed by atoms with Crippen LogP contribution in [0.1, 0.15) is 11.1 Å². The Hall–Kier alpha value is -1.99. The van der Waals surface area contributed by atoms with Gasteiger partial charge >= 0.3 is 0 Å². The fraction of sp³-hybridized carbons (Fsp3) is 0.154. The van der Waals surface area contributed by atoms with E-state index in [4.69, 9.17) is 11.6 Å². The molecule has 0 atom stereocenters. The van der Waals surface area contributed by atoms with Gasteiger partial charge in [-0.05, 0) is 54.4 Å². The van der Waals surface area contributed by atoms with Crippen molar-refractivity contribution in [2.24, 2.45) is 0 Å². The van der Waals surface area contributed by atoms with E-state index in [9.17, 15) is 0 Å². The molecule has 0 aliphatic carbocycles. The monoisotopic (exact) mass is 318 g/mol. The summed E-state index contributed by atoms with van der Waals surface area (Å²) in [7, 11) is 0. The first-order valence-corrected chi connectivity index (χ1v) is 7.33. The highest BCUT2D eigenvalue weighted by Gasteiger charge is 2.10. The Balaban J connectivity index is 1.97. The number of halogens is 1. The molecule has 1 aromatic carbocycles. The standard InChI is InChI=1S/C13H11ClN6S/c1-8-3-4-9(2)10(5-8)21-13-18-11(14)17-12(19-13)20-7-15-6-16-20/h3-7H,1-2H3. The summed E-state index contributed by atoms with van der Waals surface area (Å²) < 4.78 is 1.45. The van der Waals surface area contributed by atoms with Gasteiger partial charge in [0.15, 0.2) is 5.16 Å². The minimum atomic E-state index is 0.128. The molecule has 0 unspecified atom stereocenters. The molecule has 0 spiro atoms. The highest BCUT2D eigenvalue weighted by atomic mass is 35.5. The van der Waals surface area contributed by atoms with Gasteiger partial charge in [0.1, 0.15) is 12.7 Å². The predicted octanol–water partition coefficient (Wildman–Crippen LogP) is 2.87.